The third-order valence-corrected chi connectivity index (χ3v) is 8.88. The molecule has 1 saturated carbocycles. The fraction of sp³-hybridized carbons (Fsp3) is 0.515. The molecule has 1 amide bonds. The summed E-state index contributed by atoms with van der Waals surface area (Å²) in [5.41, 5.74) is 1.29. The molecule has 2 unspecified atom stereocenters. The zero-order chi connectivity index (χ0) is 28.1. The van der Waals surface area contributed by atoms with Gasteiger partial charge in [0.05, 0.1) is 11.8 Å². The van der Waals surface area contributed by atoms with Crippen molar-refractivity contribution in [2.24, 2.45) is 11.3 Å². The number of hydrogen-bond donors (Lipinski definition) is 1. The van der Waals surface area contributed by atoms with Gasteiger partial charge in [0.25, 0.3) is 0 Å². The molecule has 0 saturated heterocycles. The first-order valence-corrected chi connectivity index (χ1v) is 15.4. The van der Waals surface area contributed by atoms with Crippen LogP contribution in [-0.4, -0.2) is 37.0 Å². The molecule has 0 radical (unpaired) electrons. The molecule has 5 nitrogen and oxygen atoms in total. The quantitative estimate of drug-likeness (QED) is 0.244. The summed E-state index contributed by atoms with van der Waals surface area (Å²) in [6.07, 6.45) is 12.1. The lowest BCUT2D eigenvalue weighted by Crippen LogP contribution is -2.39. The van der Waals surface area contributed by atoms with Gasteiger partial charge in [-0.1, -0.05) is 77.3 Å². The third-order valence-electron chi connectivity index (χ3n) is 8.06. The first kappa shape index (κ1) is 30.7. The van der Waals surface area contributed by atoms with Gasteiger partial charge in [-0.25, -0.2) is 0 Å². The number of methoxy groups -OCH3 is 1. The first-order chi connectivity index (χ1) is 19.0. The number of nitrogens with one attached hydrogen (secondary N) is 1. The summed E-state index contributed by atoms with van der Waals surface area (Å²) < 4.78 is 11.2. The summed E-state index contributed by atoms with van der Waals surface area (Å²) in [7, 11) is 1.64. The van der Waals surface area contributed by atoms with Crippen LogP contribution in [0.2, 0.25) is 0 Å². The van der Waals surface area contributed by atoms with Crippen molar-refractivity contribution in [1.29, 1.82) is 0 Å². The van der Waals surface area contributed by atoms with Crippen LogP contribution in [0, 0.1) is 11.3 Å². The lowest BCUT2D eigenvalue weighted by Gasteiger charge is -2.41. The van der Waals surface area contributed by atoms with Crippen LogP contribution in [0.4, 0.5) is 5.82 Å². The van der Waals surface area contributed by atoms with E-state index in [0.717, 1.165) is 30.9 Å². The van der Waals surface area contributed by atoms with Crippen molar-refractivity contribution in [3.63, 3.8) is 0 Å². The number of carbonyl (C=O) groups excluding carboxylic acids is 1. The lowest BCUT2D eigenvalue weighted by atomic mass is 9.66. The minimum atomic E-state index is -0.0278. The van der Waals surface area contributed by atoms with E-state index in [-0.39, 0.29) is 5.91 Å². The van der Waals surface area contributed by atoms with Crippen LogP contribution >= 0.6 is 11.5 Å². The van der Waals surface area contributed by atoms with Crippen LogP contribution in [0.3, 0.4) is 0 Å². The fourth-order valence-electron chi connectivity index (χ4n) is 5.50. The highest BCUT2D eigenvalue weighted by molar-refractivity contribution is 7.13. The van der Waals surface area contributed by atoms with E-state index >= 15 is 0 Å². The van der Waals surface area contributed by atoms with Crippen molar-refractivity contribution in [2.45, 2.75) is 72.6 Å². The second-order valence-corrected chi connectivity index (χ2v) is 11.6. The van der Waals surface area contributed by atoms with Gasteiger partial charge < -0.3 is 15.0 Å². The summed E-state index contributed by atoms with van der Waals surface area (Å²) in [5.74, 6) is 2.51. The van der Waals surface area contributed by atoms with Crippen molar-refractivity contribution < 1.29 is 9.53 Å². The van der Waals surface area contributed by atoms with E-state index in [1.54, 1.807) is 24.7 Å². The van der Waals surface area contributed by atoms with Crippen molar-refractivity contribution in [2.75, 3.05) is 31.6 Å². The van der Waals surface area contributed by atoms with E-state index in [9.17, 15) is 4.79 Å². The average Bonchev–Trinajstić information content (AvgIpc) is 3.40. The third kappa shape index (κ3) is 8.56. The predicted molar refractivity (Wildman–Crippen MR) is 168 cm³/mol. The molecule has 0 spiro atoms. The first-order valence-electron chi connectivity index (χ1n) is 14.6. The monoisotopic (exact) mass is 549 g/mol. The van der Waals surface area contributed by atoms with Crippen molar-refractivity contribution >= 4 is 39.4 Å². The molecule has 2 atom stereocenters. The molecule has 1 N–H and O–H groups in total. The molecule has 4 rings (SSSR count). The number of hydrogen-bond acceptors (Lipinski definition) is 5. The molecule has 1 fully saturated rings. The molecule has 3 aromatic rings. The highest BCUT2D eigenvalue weighted by Gasteiger charge is 2.34. The number of amides is 1. The van der Waals surface area contributed by atoms with E-state index in [0.29, 0.717) is 11.3 Å². The fourth-order valence-corrected chi connectivity index (χ4v) is 6.30. The minimum Gasteiger partial charge on any atom is -0.496 e. The Kier molecular flexibility index (Phi) is 12.3. The van der Waals surface area contributed by atoms with Gasteiger partial charge in [-0.2, -0.15) is 4.37 Å². The zero-order valence-electron chi connectivity index (χ0n) is 24.5. The molecule has 6 heteroatoms. The van der Waals surface area contributed by atoms with Crippen molar-refractivity contribution in [3.8, 4) is 5.75 Å². The Morgan fingerprint density at radius 2 is 1.82 bits per heavy atom. The maximum Gasteiger partial charge on any atom is 0.244 e. The number of nitrogens with zero attached hydrogens (tertiary/aromatic N) is 2. The number of ether oxygens (including phenoxy) is 1. The zero-order valence-corrected chi connectivity index (χ0v) is 25.4. The van der Waals surface area contributed by atoms with E-state index in [2.05, 4.69) is 66.6 Å². The maximum atomic E-state index is 12.1. The van der Waals surface area contributed by atoms with E-state index < -0.39 is 0 Å². The molecule has 0 bridgehead atoms. The van der Waals surface area contributed by atoms with Crippen LogP contribution in [0.1, 0.15) is 78.2 Å². The Morgan fingerprint density at radius 1 is 1.10 bits per heavy atom. The number of carbonyl (C=O) groups is 1. The molecular formula is C33H47N3O2S. The Bertz CT molecular complexity index is 1180. The van der Waals surface area contributed by atoms with Gasteiger partial charge in [0.1, 0.15) is 11.6 Å². The number of benzene rings is 2. The summed E-state index contributed by atoms with van der Waals surface area (Å²) in [6.45, 7) is 12.0. The highest BCUT2D eigenvalue weighted by Crippen LogP contribution is 2.43. The SMILES string of the molecule is CCC1(C)CCCCC1CNC(=O)/C=C/c1ccccc1OC.CCCN(CCC)c1nsc2ccccc12. The Hall–Kier alpha value is -2.86. The molecule has 2 aromatic carbocycles. The number of rotatable bonds is 11. The highest BCUT2D eigenvalue weighted by atomic mass is 32.1. The Balaban J connectivity index is 0.000000230. The number of anilines is 1. The molecule has 39 heavy (non-hydrogen) atoms. The van der Waals surface area contributed by atoms with E-state index in [1.807, 2.05) is 30.3 Å². The van der Waals surface area contributed by atoms with Gasteiger partial charge in [-0.3, -0.25) is 4.79 Å². The van der Waals surface area contributed by atoms with Gasteiger partial charge >= 0.3 is 0 Å². The average molecular weight is 550 g/mol. The molecular weight excluding hydrogens is 502 g/mol. The smallest absolute Gasteiger partial charge is 0.244 e. The lowest BCUT2D eigenvalue weighted by molar-refractivity contribution is -0.116. The van der Waals surface area contributed by atoms with E-state index in [1.165, 1.54) is 60.8 Å². The summed E-state index contributed by atoms with van der Waals surface area (Å²) >= 11 is 1.60. The number of para-hydroxylation sites is 1. The van der Waals surface area contributed by atoms with Crippen LogP contribution in [-0.2, 0) is 4.79 Å². The van der Waals surface area contributed by atoms with Crippen molar-refractivity contribution in [3.05, 3.63) is 60.2 Å². The summed E-state index contributed by atoms with van der Waals surface area (Å²) in [5, 5.41) is 4.38. The van der Waals surface area contributed by atoms with Gasteiger partial charge in [0.2, 0.25) is 5.91 Å². The normalized spacial score (nSPS) is 18.9. The number of fused-ring (bicyclic) bond motifs is 1. The molecule has 1 heterocycles. The molecule has 1 aliphatic rings. The minimum absolute atomic E-state index is 0.0278. The maximum absolute atomic E-state index is 12.1. The summed E-state index contributed by atoms with van der Waals surface area (Å²) in [6, 6.07) is 16.2. The van der Waals surface area contributed by atoms with Crippen molar-refractivity contribution in [1.82, 2.24) is 9.69 Å². The van der Waals surface area contributed by atoms with Gasteiger partial charge in [0, 0.05) is 36.7 Å². The Labute approximate surface area is 239 Å². The second kappa shape index (κ2) is 15.7. The van der Waals surface area contributed by atoms with Crippen LogP contribution in [0.15, 0.2) is 54.6 Å². The topological polar surface area (TPSA) is 54.5 Å². The summed E-state index contributed by atoms with van der Waals surface area (Å²) in [4.78, 5) is 14.5. The predicted octanol–water partition coefficient (Wildman–Crippen LogP) is 8.35. The van der Waals surface area contributed by atoms with E-state index in [4.69, 9.17) is 4.74 Å². The molecule has 1 aliphatic carbocycles. The standard InChI is InChI=1S/C20H29NO2.C13H18N2S/c1-4-20(2)14-8-7-10-17(20)15-21-19(22)13-12-16-9-5-6-11-18(16)23-3;1-3-9-15(10-4-2)13-11-7-5-6-8-12(11)16-14-13/h5-6,9,11-13,17H,4,7-8,10,14-15H2,1-3H3,(H,21,22);5-8H,3-4,9-10H2,1-2H3/b13-12+;. The van der Waals surface area contributed by atoms with Gasteiger partial charge in [-0.15, -0.1) is 0 Å². The van der Waals surface area contributed by atoms with Crippen LogP contribution in [0.5, 0.6) is 5.75 Å². The second-order valence-electron chi connectivity index (χ2n) is 10.8. The molecule has 212 valence electrons. The number of aromatic nitrogens is 1. The Morgan fingerprint density at radius 3 is 2.54 bits per heavy atom. The van der Waals surface area contributed by atoms with Gasteiger partial charge in [0.15, 0.2) is 0 Å². The molecule has 0 aliphatic heterocycles. The van der Waals surface area contributed by atoms with Crippen LogP contribution < -0.4 is 15.0 Å². The van der Waals surface area contributed by atoms with Gasteiger partial charge in [-0.05, 0) is 72.8 Å². The van der Waals surface area contributed by atoms with Crippen LogP contribution in [0.25, 0.3) is 16.2 Å². The molecule has 1 aromatic heterocycles. The largest absolute Gasteiger partial charge is 0.496 e.